The Hall–Kier alpha value is -2.82. The fraction of sp³-hybridized carbons (Fsp3) is 0.0667. The first-order chi connectivity index (χ1) is 9.65. The molecule has 20 heavy (non-hydrogen) atoms. The first-order valence-electron chi connectivity index (χ1n) is 6.26. The van der Waals surface area contributed by atoms with Gasteiger partial charge in [0.25, 0.3) is 0 Å². The molecule has 0 saturated carbocycles. The number of nitrogens with zero attached hydrogens (tertiary/aromatic N) is 1. The lowest BCUT2D eigenvalue weighted by Gasteiger charge is -2.05. The van der Waals surface area contributed by atoms with Crippen molar-refractivity contribution in [3.8, 4) is 22.5 Å². The average Bonchev–Trinajstić information content (AvgIpc) is 2.82. The molecule has 100 valence electrons. The maximum absolute atomic E-state index is 11.4. The van der Waals surface area contributed by atoms with E-state index in [0.717, 1.165) is 11.1 Å². The van der Waals surface area contributed by atoms with Crippen LogP contribution in [0.15, 0.2) is 47.3 Å². The van der Waals surface area contributed by atoms with E-state index in [1.54, 1.807) is 6.07 Å². The van der Waals surface area contributed by atoms with E-state index in [1.165, 1.54) is 11.6 Å². The van der Waals surface area contributed by atoms with E-state index in [2.05, 4.69) is 15.2 Å². The smallest absolute Gasteiger partial charge is 0.248 e. The van der Waals surface area contributed by atoms with E-state index in [9.17, 15) is 4.79 Å². The van der Waals surface area contributed by atoms with Crippen LogP contribution in [0.5, 0.6) is 0 Å². The van der Waals surface area contributed by atoms with Gasteiger partial charge in [-0.05, 0) is 18.6 Å². The summed E-state index contributed by atoms with van der Waals surface area (Å²) in [5.41, 5.74) is 10.1. The van der Waals surface area contributed by atoms with E-state index in [-0.39, 0.29) is 5.56 Å². The third kappa shape index (κ3) is 2.09. The number of aromatic amines is 2. The molecule has 0 aliphatic rings. The molecule has 3 aromatic rings. The fourth-order valence-corrected chi connectivity index (χ4v) is 2.16. The summed E-state index contributed by atoms with van der Waals surface area (Å²) in [6, 6.07) is 13.0. The molecular formula is C15H14N4O. The van der Waals surface area contributed by atoms with Gasteiger partial charge in [-0.1, -0.05) is 35.9 Å². The zero-order chi connectivity index (χ0) is 14.1. The summed E-state index contributed by atoms with van der Waals surface area (Å²) in [5, 5.41) is 6.94. The maximum atomic E-state index is 11.4. The first-order valence-corrected chi connectivity index (χ1v) is 6.26. The number of benzene rings is 1. The molecule has 5 nitrogen and oxygen atoms in total. The molecule has 0 amide bonds. The van der Waals surface area contributed by atoms with Crippen LogP contribution in [0.2, 0.25) is 0 Å². The third-order valence-electron chi connectivity index (χ3n) is 3.17. The highest BCUT2D eigenvalue weighted by Crippen LogP contribution is 2.33. The van der Waals surface area contributed by atoms with Crippen molar-refractivity contribution in [2.45, 2.75) is 6.92 Å². The quantitative estimate of drug-likeness (QED) is 0.665. The van der Waals surface area contributed by atoms with Gasteiger partial charge in [-0.3, -0.25) is 9.89 Å². The number of pyridine rings is 1. The maximum Gasteiger partial charge on any atom is 0.248 e. The highest BCUT2D eigenvalue weighted by molar-refractivity contribution is 5.86. The monoisotopic (exact) mass is 266 g/mol. The Morgan fingerprint density at radius 2 is 1.85 bits per heavy atom. The van der Waals surface area contributed by atoms with Crippen molar-refractivity contribution in [3.63, 3.8) is 0 Å². The van der Waals surface area contributed by atoms with E-state index in [0.29, 0.717) is 17.2 Å². The molecular weight excluding hydrogens is 252 g/mol. The van der Waals surface area contributed by atoms with E-state index < -0.39 is 0 Å². The summed E-state index contributed by atoms with van der Waals surface area (Å²) in [4.78, 5) is 14.2. The third-order valence-corrected chi connectivity index (χ3v) is 3.17. The van der Waals surface area contributed by atoms with Crippen LogP contribution in [0.3, 0.4) is 0 Å². The molecule has 0 fully saturated rings. The van der Waals surface area contributed by atoms with Crippen molar-refractivity contribution < 1.29 is 0 Å². The van der Waals surface area contributed by atoms with Gasteiger partial charge in [-0.15, -0.1) is 0 Å². The van der Waals surface area contributed by atoms with Gasteiger partial charge in [0.05, 0.1) is 17.0 Å². The topological polar surface area (TPSA) is 87.6 Å². The van der Waals surface area contributed by atoms with Crippen LogP contribution in [0.25, 0.3) is 22.5 Å². The number of H-pyrrole nitrogens is 2. The zero-order valence-electron chi connectivity index (χ0n) is 11.0. The number of aromatic nitrogens is 3. The van der Waals surface area contributed by atoms with E-state index in [1.807, 2.05) is 37.3 Å². The van der Waals surface area contributed by atoms with Crippen LogP contribution in [0.1, 0.15) is 5.56 Å². The summed E-state index contributed by atoms with van der Waals surface area (Å²) in [6.45, 7) is 2.03. The van der Waals surface area contributed by atoms with Crippen LogP contribution < -0.4 is 11.3 Å². The Kier molecular flexibility index (Phi) is 2.87. The highest BCUT2D eigenvalue weighted by atomic mass is 16.1. The molecule has 3 rings (SSSR count). The summed E-state index contributed by atoms with van der Waals surface area (Å²) in [6.07, 6.45) is 0. The van der Waals surface area contributed by atoms with Gasteiger partial charge < -0.3 is 10.7 Å². The SMILES string of the molecule is Cc1ccc(-c2c(N)n[nH]c2-c2cccc(=O)[nH]2)cc1. The van der Waals surface area contributed by atoms with Crippen LogP contribution in [0, 0.1) is 6.92 Å². The fourth-order valence-electron chi connectivity index (χ4n) is 2.16. The van der Waals surface area contributed by atoms with Crippen LogP contribution in [-0.4, -0.2) is 15.2 Å². The average molecular weight is 266 g/mol. The molecule has 1 aromatic carbocycles. The second kappa shape index (κ2) is 4.70. The number of nitrogens with two attached hydrogens (primary N) is 1. The lowest BCUT2D eigenvalue weighted by atomic mass is 10.0. The molecule has 0 aliphatic heterocycles. The van der Waals surface area contributed by atoms with Crippen LogP contribution in [0.4, 0.5) is 5.82 Å². The van der Waals surface area contributed by atoms with Crippen molar-refractivity contribution >= 4 is 5.82 Å². The number of anilines is 1. The zero-order valence-corrected chi connectivity index (χ0v) is 11.0. The minimum Gasteiger partial charge on any atom is -0.382 e. The van der Waals surface area contributed by atoms with Crippen LogP contribution in [-0.2, 0) is 0 Å². The molecule has 2 heterocycles. The van der Waals surface area contributed by atoms with Crippen molar-refractivity contribution in [3.05, 3.63) is 58.4 Å². The van der Waals surface area contributed by atoms with Gasteiger partial charge in [-0.2, -0.15) is 5.10 Å². The van der Waals surface area contributed by atoms with Gasteiger partial charge in [0.2, 0.25) is 5.56 Å². The molecule has 4 N–H and O–H groups in total. The molecule has 0 unspecified atom stereocenters. The Bertz CT molecular complexity index is 799. The molecule has 0 saturated heterocycles. The van der Waals surface area contributed by atoms with Crippen molar-refractivity contribution in [2.24, 2.45) is 0 Å². The van der Waals surface area contributed by atoms with Gasteiger partial charge in [0.15, 0.2) is 5.82 Å². The van der Waals surface area contributed by atoms with E-state index in [4.69, 9.17) is 5.73 Å². The van der Waals surface area contributed by atoms with Gasteiger partial charge in [0.1, 0.15) is 0 Å². The van der Waals surface area contributed by atoms with Crippen molar-refractivity contribution in [1.29, 1.82) is 0 Å². The predicted octanol–water partition coefficient (Wildman–Crippen LogP) is 2.32. The molecule has 0 bridgehead atoms. The first kappa shape index (κ1) is 12.2. The summed E-state index contributed by atoms with van der Waals surface area (Å²) in [5.74, 6) is 0.411. The lowest BCUT2D eigenvalue weighted by Crippen LogP contribution is -2.04. The Morgan fingerprint density at radius 1 is 1.10 bits per heavy atom. The van der Waals surface area contributed by atoms with Crippen molar-refractivity contribution in [2.75, 3.05) is 5.73 Å². The molecule has 0 radical (unpaired) electrons. The van der Waals surface area contributed by atoms with Crippen LogP contribution >= 0.6 is 0 Å². The van der Waals surface area contributed by atoms with Crippen molar-refractivity contribution in [1.82, 2.24) is 15.2 Å². The number of hydrogen-bond acceptors (Lipinski definition) is 3. The minimum absolute atomic E-state index is 0.162. The number of nitrogen functional groups attached to an aromatic ring is 1. The largest absolute Gasteiger partial charge is 0.382 e. The minimum atomic E-state index is -0.162. The Morgan fingerprint density at radius 3 is 2.55 bits per heavy atom. The Labute approximate surface area is 115 Å². The Balaban J connectivity index is 2.19. The van der Waals surface area contributed by atoms with Gasteiger partial charge in [0, 0.05) is 6.07 Å². The number of aryl methyl sites for hydroxylation is 1. The van der Waals surface area contributed by atoms with E-state index >= 15 is 0 Å². The summed E-state index contributed by atoms with van der Waals surface area (Å²) >= 11 is 0. The second-order valence-electron chi connectivity index (χ2n) is 4.65. The number of hydrogen-bond donors (Lipinski definition) is 3. The molecule has 0 atom stereocenters. The molecule has 0 spiro atoms. The molecule has 0 aliphatic carbocycles. The lowest BCUT2D eigenvalue weighted by molar-refractivity contribution is 1.09. The highest BCUT2D eigenvalue weighted by Gasteiger charge is 2.15. The van der Waals surface area contributed by atoms with Gasteiger partial charge in [-0.25, -0.2) is 0 Å². The molecule has 5 heteroatoms. The predicted molar refractivity (Wildman–Crippen MR) is 79.2 cm³/mol. The summed E-state index contributed by atoms with van der Waals surface area (Å²) in [7, 11) is 0. The standard InChI is InChI=1S/C15H14N4O/c1-9-5-7-10(8-6-9)13-14(18-19-15(13)16)11-3-2-4-12(20)17-11/h2-8H,1H3,(H,17,20)(H3,16,18,19). The number of nitrogens with one attached hydrogen (secondary N) is 2. The van der Waals surface area contributed by atoms with Gasteiger partial charge >= 0.3 is 0 Å². The molecule has 2 aromatic heterocycles. The summed E-state index contributed by atoms with van der Waals surface area (Å²) < 4.78 is 0. The number of rotatable bonds is 2. The normalized spacial score (nSPS) is 10.7. The second-order valence-corrected chi connectivity index (χ2v) is 4.65.